The molecule has 2 rings (SSSR count). The maximum Gasteiger partial charge on any atom is 0.241 e. The highest BCUT2D eigenvalue weighted by Gasteiger charge is 2.21. The van der Waals surface area contributed by atoms with Crippen molar-refractivity contribution >= 4 is 26.0 Å². The molecule has 1 aliphatic rings. The van der Waals surface area contributed by atoms with Gasteiger partial charge in [-0.1, -0.05) is 6.42 Å². The predicted octanol–water partition coefficient (Wildman–Crippen LogP) is 1.88. The van der Waals surface area contributed by atoms with Gasteiger partial charge in [0.25, 0.3) is 0 Å². The van der Waals surface area contributed by atoms with E-state index in [1.807, 2.05) is 0 Å². The van der Waals surface area contributed by atoms with Crippen LogP contribution in [0.2, 0.25) is 0 Å². The monoisotopic (exact) mass is 362 g/mol. The van der Waals surface area contributed by atoms with Gasteiger partial charge in [-0.25, -0.2) is 13.1 Å². The summed E-state index contributed by atoms with van der Waals surface area (Å²) in [5.41, 5.74) is 0. The zero-order valence-corrected chi connectivity index (χ0v) is 13.8. The Bertz CT molecular complexity index is 557. The van der Waals surface area contributed by atoms with E-state index < -0.39 is 10.0 Å². The Balaban J connectivity index is 2.09. The van der Waals surface area contributed by atoms with Crippen molar-refractivity contribution in [2.24, 2.45) is 0 Å². The third kappa shape index (κ3) is 3.94. The SMILES string of the molecule is COc1ccc(Br)c(S(=O)(=O)NC[C@@H]2CCCCN2)c1. The molecule has 7 heteroatoms. The van der Waals surface area contributed by atoms with Crippen LogP contribution in [0.15, 0.2) is 27.6 Å². The molecule has 1 fully saturated rings. The summed E-state index contributed by atoms with van der Waals surface area (Å²) in [6, 6.07) is 5.11. The molecule has 0 amide bonds. The first-order valence-electron chi connectivity index (χ1n) is 6.59. The van der Waals surface area contributed by atoms with E-state index in [9.17, 15) is 8.42 Å². The van der Waals surface area contributed by atoms with Crippen LogP contribution in [0, 0.1) is 0 Å². The van der Waals surface area contributed by atoms with E-state index in [0.29, 0.717) is 16.8 Å². The second kappa shape index (κ2) is 6.89. The molecule has 0 bridgehead atoms. The van der Waals surface area contributed by atoms with Gasteiger partial charge in [-0.3, -0.25) is 0 Å². The van der Waals surface area contributed by atoms with E-state index >= 15 is 0 Å². The second-order valence-electron chi connectivity index (χ2n) is 4.80. The zero-order chi connectivity index (χ0) is 14.6. The zero-order valence-electron chi connectivity index (χ0n) is 11.4. The number of rotatable bonds is 5. The second-order valence-corrected chi connectivity index (χ2v) is 7.38. The van der Waals surface area contributed by atoms with Gasteiger partial charge in [-0.05, 0) is 47.4 Å². The minimum Gasteiger partial charge on any atom is -0.497 e. The fourth-order valence-corrected chi connectivity index (χ4v) is 4.26. The van der Waals surface area contributed by atoms with E-state index in [1.54, 1.807) is 12.1 Å². The number of halogens is 1. The van der Waals surface area contributed by atoms with Crippen LogP contribution >= 0.6 is 15.9 Å². The molecule has 112 valence electrons. The first kappa shape index (κ1) is 15.8. The molecule has 0 aromatic heterocycles. The highest BCUT2D eigenvalue weighted by Crippen LogP contribution is 2.26. The van der Waals surface area contributed by atoms with E-state index in [-0.39, 0.29) is 10.9 Å². The minimum absolute atomic E-state index is 0.202. The lowest BCUT2D eigenvalue weighted by Crippen LogP contribution is -2.43. The molecule has 0 unspecified atom stereocenters. The molecule has 0 saturated carbocycles. The van der Waals surface area contributed by atoms with Crippen molar-refractivity contribution in [3.8, 4) is 5.75 Å². The lowest BCUT2D eigenvalue weighted by Gasteiger charge is -2.23. The first-order chi connectivity index (χ1) is 9.53. The molecule has 0 radical (unpaired) electrons. The predicted molar refractivity (Wildman–Crippen MR) is 81.5 cm³/mol. The lowest BCUT2D eigenvalue weighted by atomic mass is 10.1. The van der Waals surface area contributed by atoms with Crippen LogP contribution in [0.3, 0.4) is 0 Å². The Morgan fingerprint density at radius 1 is 1.45 bits per heavy atom. The summed E-state index contributed by atoms with van der Waals surface area (Å²) in [4.78, 5) is 0.202. The van der Waals surface area contributed by atoms with E-state index in [4.69, 9.17) is 4.74 Å². The average molecular weight is 363 g/mol. The highest BCUT2D eigenvalue weighted by atomic mass is 79.9. The van der Waals surface area contributed by atoms with Crippen LogP contribution in [-0.2, 0) is 10.0 Å². The summed E-state index contributed by atoms with van der Waals surface area (Å²) in [7, 11) is -2.03. The molecule has 0 spiro atoms. The largest absolute Gasteiger partial charge is 0.497 e. The molecule has 1 aromatic carbocycles. The number of sulfonamides is 1. The number of benzene rings is 1. The standard InChI is InChI=1S/C13H19BrN2O3S/c1-19-11-5-6-12(14)13(8-11)20(17,18)16-9-10-4-2-3-7-15-10/h5-6,8,10,15-16H,2-4,7,9H2,1H3/t10-/m0/s1. The topological polar surface area (TPSA) is 67.4 Å². The number of nitrogens with one attached hydrogen (secondary N) is 2. The number of ether oxygens (including phenoxy) is 1. The van der Waals surface area contributed by atoms with Crippen molar-refractivity contribution in [1.29, 1.82) is 0 Å². The van der Waals surface area contributed by atoms with E-state index in [2.05, 4.69) is 26.0 Å². The molecular weight excluding hydrogens is 344 g/mol. The molecule has 1 aliphatic heterocycles. The van der Waals surface area contributed by atoms with Crippen LogP contribution in [0.1, 0.15) is 19.3 Å². The van der Waals surface area contributed by atoms with Crippen molar-refractivity contribution in [2.75, 3.05) is 20.2 Å². The third-order valence-corrected chi connectivity index (χ3v) is 5.78. The van der Waals surface area contributed by atoms with Gasteiger partial charge in [0.05, 0.1) is 12.0 Å². The molecule has 1 aromatic rings. The maximum atomic E-state index is 12.3. The van der Waals surface area contributed by atoms with Crippen LogP contribution in [0.25, 0.3) is 0 Å². The van der Waals surface area contributed by atoms with Crippen LogP contribution in [0.5, 0.6) is 5.75 Å². The fourth-order valence-electron chi connectivity index (χ4n) is 2.20. The molecule has 1 heterocycles. The Labute approximate surface area is 128 Å². The van der Waals surface area contributed by atoms with Gasteiger partial charge >= 0.3 is 0 Å². The van der Waals surface area contributed by atoms with Gasteiger partial charge in [-0.15, -0.1) is 0 Å². The normalized spacial score (nSPS) is 19.8. The van der Waals surface area contributed by atoms with Crippen LogP contribution < -0.4 is 14.8 Å². The van der Waals surface area contributed by atoms with Crippen molar-refractivity contribution in [1.82, 2.24) is 10.0 Å². The van der Waals surface area contributed by atoms with Gasteiger partial charge in [0, 0.05) is 23.1 Å². The van der Waals surface area contributed by atoms with E-state index in [0.717, 1.165) is 25.8 Å². The van der Waals surface area contributed by atoms with Gasteiger partial charge in [-0.2, -0.15) is 0 Å². The summed E-state index contributed by atoms with van der Waals surface area (Å²) < 4.78 is 32.9. The van der Waals surface area contributed by atoms with Gasteiger partial charge in [0.1, 0.15) is 5.75 Å². The van der Waals surface area contributed by atoms with Crippen LogP contribution in [0.4, 0.5) is 0 Å². The molecular formula is C13H19BrN2O3S. The van der Waals surface area contributed by atoms with Crippen molar-refractivity contribution in [3.63, 3.8) is 0 Å². The summed E-state index contributed by atoms with van der Waals surface area (Å²) in [6.07, 6.45) is 3.30. The Morgan fingerprint density at radius 2 is 2.25 bits per heavy atom. The molecule has 1 atom stereocenters. The third-order valence-electron chi connectivity index (χ3n) is 3.36. The molecule has 1 saturated heterocycles. The molecule has 5 nitrogen and oxygen atoms in total. The smallest absolute Gasteiger partial charge is 0.241 e. The van der Waals surface area contributed by atoms with Crippen LogP contribution in [-0.4, -0.2) is 34.7 Å². The summed E-state index contributed by atoms with van der Waals surface area (Å²) in [5.74, 6) is 0.518. The fraction of sp³-hybridized carbons (Fsp3) is 0.538. The summed E-state index contributed by atoms with van der Waals surface area (Å²) in [6.45, 7) is 1.36. The minimum atomic E-state index is -3.54. The van der Waals surface area contributed by atoms with E-state index in [1.165, 1.54) is 13.2 Å². The van der Waals surface area contributed by atoms with Gasteiger partial charge < -0.3 is 10.1 Å². The summed E-state index contributed by atoms with van der Waals surface area (Å²) in [5, 5.41) is 3.32. The Hall–Kier alpha value is -0.630. The summed E-state index contributed by atoms with van der Waals surface area (Å²) >= 11 is 3.27. The number of hydrogen-bond donors (Lipinski definition) is 2. The molecule has 20 heavy (non-hydrogen) atoms. The quantitative estimate of drug-likeness (QED) is 0.838. The Kier molecular flexibility index (Phi) is 5.42. The molecule has 0 aliphatic carbocycles. The number of piperidine rings is 1. The molecule has 2 N–H and O–H groups in total. The number of hydrogen-bond acceptors (Lipinski definition) is 4. The van der Waals surface area contributed by atoms with Gasteiger partial charge in [0.15, 0.2) is 0 Å². The highest BCUT2D eigenvalue weighted by molar-refractivity contribution is 9.10. The van der Waals surface area contributed by atoms with Crippen molar-refractivity contribution in [2.45, 2.75) is 30.2 Å². The van der Waals surface area contributed by atoms with Crippen molar-refractivity contribution in [3.05, 3.63) is 22.7 Å². The number of methoxy groups -OCH3 is 1. The Morgan fingerprint density at radius 3 is 2.90 bits per heavy atom. The lowest BCUT2D eigenvalue weighted by molar-refractivity contribution is 0.398. The maximum absolute atomic E-state index is 12.3. The average Bonchev–Trinajstić information content (AvgIpc) is 2.47. The first-order valence-corrected chi connectivity index (χ1v) is 8.87. The van der Waals surface area contributed by atoms with Gasteiger partial charge in [0.2, 0.25) is 10.0 Å². The van der Waals surface area contributed by atoms with Crippen molar-refractivity contribution < 1.29 is 13.2 Å².